The van der Waals surface area contributed by atoms with Gasteiger partial charge in [0.1, 0.15) is 21.3 Å². The average molecular weight is 953 g/mol. The maximum absolute atomic E-state index is 12.4. The molecule has 0 aliphatic heterocycles. The summed E-state index contributed by atoms with van der Waals surface area (Å²) in [5.74, 6) is 1.65. The highest BCUT2D eigenvalue weighted by Crippen LogP contribution is 2.56. The predicted octanol–water partition coefficient (Wildman–Crippen LogP) is 11.8. The van der Waals surface area contributed by atoms with Crippen LogP contribution >= 0.6 is 0 Å². The van der Waals surface area contributed by atoms with Gasteiger partial charge in [-0.3, -0.25) is 4.18 Å². The molecule has 0 saturated heterocycles. The lowest BCUT2D eigenvalue weighted by Gasteiger charge is -2.33. The fourth-order valence-electron chi connectivity index (χ4n) is 8.46. The molecule has 7 aromatic rings. The smallest absolute Gasteiger partial charge is 0.338 e. The van der Waals surface area contributed by atoms with Gasteiger partial charge in [-0.1, -0.05) is 137 Å². The van der Waals surface area contributed by atoms with E-state index in [2.05, 4.69) is 79.9 Å². The molecule has 7 aromatic carbocycles. The van der Waals surface area contributed by atoms with E-state index in [0.29, 0.717) is 4.90 Å². The van der Waals surface area contributed by atoms with Crippen LogP contribution in [0.2, 0.25) is 0 Å². The van der Waals surface area contributed by atoms with Gasteiger partial charge in [0.25, 0.3) is 0 Å². The maximum atomic E-state index is 12.4. The Morgan fingerprint density at radius 3 is 1.54 bits per heavy atom. The van der Waals surface area contributed by atoms with Crippen molar-refractivity contribution in [1.82, 2.24) is 0 Å². The number of esters is 1. The van der Waals surface area contributed by atoms with Gasteiger partial charge in [-0.05, 0) is 131 Å². The molecule has 0 bridgehead atoms. The molecule has 2 aliphatic rings. The van der Waals surface area contributed by atoms with E-state index in [-0.39, 0.29) is 40.1 Å². The van der Waals surface area contributed by atoms with Gasteiger partial charge in [0, 0.05) is 0 Å². The number of ether oxygens (including phenoxy) is 1. The minimum atomic E-state index is -2.58. The number of fused-ring (bicyclic) bond motifs is 3. The highest BCUT2D eigenvalue weighted by Gasteiger charge is 2.45. The molecule has 0 aromatic heterocycles. The van der Waals surface area contributed by atoms with Crippen LogP contribution in [0.4, 0.5) is 0 Å². The summed E-state index contributed by atoms with van der Waals surface area (Å²) < 4.78 is 22.5. The van der Waals surface area contributed by atoms with E-state index in [1.54, 1.807) is 30.3 Å². The lowest BCUT2D eigenvalue weighted by Crippen LogP contribution is -2.28. The van der Waals surface area contributed by atoms with Crippen LogP contribution in [0.5, 0.6) is 40.2 Å². The molecule has 0 amide bonds. The maximum Gasteiger partial charge on any atom is 0.338 e. The molecule has 9 rings (SSSR count). The SMILES string of the molecule is C=S(=O)(OC1CCCCC1)c1ccc(C)cc1.CC(C)(C)c1ccc(O)c(O)c1.COC(=O)c1cc(O)c(O)c(O)c1.Oc1ccc(C2(c3ccc(O)cc3)c3ccccc3-c3ccccc32)cc1. The lowest BCUT2D eigenvalue weighted by molar-refractivity contribution is 0.0599. The normalized spacial score (nSPS) is 14.4. The van der Waals surface area contributed by atoms with Crippen molar-refractivity contribution >= 4 is 21.6 Å². The Labute approximate surface area is 404 Å². The summed E-state index contributed by atoms with van der Waals surface area (Å²) in [6.45, 7) is 8.17. The number of benzene rings is 7. The lowest BCUT2D eigenvalue weighted by atomic mass is 9.68. The van der Waals surface area contributed by atoms with Crippen LogP contribution in [-0.4, -0.2) is 65.0 Å². The van der Waals surface area contributed by atoms with Gasteiger partial charge in [0.05, 0.1) is 29.1 Å². The molecule has 2 aliphatic carbocycles. The third-order valence-corrected chi connectivity index (χ3v) is 13.7. The van der Waals surface area contributed by atoms with Gasteiger partial charge >= 0.3 is 5.97 Å². The largest absolute Gasteiger partial charge is 0.508 e. The predicted molar refractivity (Wildman–Crippen MR) is 271 cm³/mol. The quantitative estimate of drug-likeness (QED) is 0.0476. The van der Waals surface area contributed by atoms with Crippen LogP contribution in [0, 0.1) is 6.92 Å². The number of phenolic OH excluding ortho intramolecular Hbond substituents is 7. The molecule has 1 unspecified atom stereocenters. The highest BCUT2D eigenvalue weighted by atomic mass is 32.2. The van der Waals surface area contributed by atoms with Crippen molar-refractivity contribution in [1.29, 1.82) is 0 Å². The zero-order valence-electron chi connectivity index (χ0n) is 39.4. The first kappa shape index (κ1) is 51.0. The number of carbonyl (C=O) groups is 1. The van der Waals surface area contributed by atoms with Crippen LogP contribution in [-0.2, 0) is 29.6 Å². The van der Waals surface area contributed by atoms with Crippen molar-refractivity contribution in [2.75, 3.05) is 7.11 Å². The summed E-state index contributed by atoms with van der Waals surface area (Å²) in [5, 5.41) is 64.9. The first-order valence-corrected chi connectivity index (χ1v) is 24.2. The molecule has 69 heavy (non-hydrogen) atoms. The highest BCUT2D eigenvalue weighted by molar-refractivity contribution is 7.96. The number of rotatable bonds is 6. The van der Waals surface area contributed by atoms with Crippen molar-refractivity contribution in [3.63, 3.8) is 0 Å². The standard InChI is InChI=1S/C25H18O2.C14H20O2S.C10H14O2.C8H8O5/c26-19-13-9-17(10-14-19)25(18-11-15-20(27)16-12-18)23-7-3-1-5-21(23)22-6-2-4-8-24(22)25;1-12-8-10-14(11-9-12)17(2,15)16-13-6-4-3-5-7-13;1-10(2,3)7-4-5-8(11)9(12)6-7;1-13-8(12)4-2-5(9)7(11)6(10)3-4/h1-16,26-27H;8-11,13H,2-7H2,1H3;4-6,11-12H,1-3H3;2-3,9-11H,1H3. The number of hydrogen-bond acceptors (Lipinski definition) is 11. The Morgan fingerprint density at radius 2 is 1.09 bits per heavy atom. The van der Waals surface area contributed by atoms with Crippen molar-refractivity contribution in [2.24, 2.45) is 0 Å². The molecule has 1 saturated carbocycles. The van der Waals surface area contributed by atoms with E-state index >= 15 is 0 Å². The van der Waals surface area contributed by atoms with Crippen molar-refractivity contribution in [3.8, 4) is 51.4 Å². The Balaban J connectivity index is 0.000000161. The Morgan fingerprint density at radius 1 is 0.609 bits per heavy atom. The molecule has 0 spiro atoms. The summed E-state index contributed by atoms with van der Waals surface area (Å²) in [5.41, 5.74) is 8.68. The average Bonchev–Trinajstić information content (AvgIpc) is 3.63. The molecular formula is C57H60O11S. The molecule has 0 radical (unpaired) electrons. The zero-order chi connectivity index (χ0) is 50.1. The third kappa shape index (κ3) is 11.8. The molecule has 360 valence electrons. The van der Waals surface area contributed by atoms with E-state index in [1.165, 1.54) is 54.7 Å². The number of methoxy groups -OCH3 is 1. The summed E-state index contributed by atoms with van der Waals surface area (Å²) in [6, 6.07) is 46.4. The first-order chi connectivity index (χ1) is 32.8. The van der Waals surface area contributed by atoms with Crippen molar-refractivity contribution in [3.05, 3.63) is 191 Å². The summed E-state index contributed by atoms with van der Waals surface area (Å²) in [6.07, 6.45) is 5.76. The Bertz CT molecular complexity index is 2850. The first-order valence-electron chi connectivity index (χ1n) is 22.5. The number of carbonyl (C=O) groups excluding carboxylic acids is 1. The molecular weight excluding hydrogens is 893 g/mol. The van der Waals surface area contributed by atoms with Gasteiger partial charge in [0.2, 0.25) is 0 Å². The zero-order valence-corrected chi connectivity index (χ0v) is 40.2. The minimum Gasteiger partial charge on any atom is -0.508 e. The number of aryl methyl sites for hydroxylation is 1. The molecule has 1 fully saturated rings. The third-order valence-electron chi connectivity index (χ3n) is 12.1. The monoisotopic (exact) mass is 952 g/mol. The molecule has 11 nitrogen and oxygen atoms in total. The van der Waals surface area contributed by atoms with Crippen LogP contribution in [0.1, 0.15) is 96.6 Å². The summed E-state index contributed by atoms with van der Waals surface area (Å²) in [4.78, 5) is 11.6. The Kier molecular flexibility index (Phi) is 16.0. The molecule has 12 heteroatoms. The fourth-order valence-corrected chi connectivity index (χ4v) is 9.75. The Hall–Kier alpha value is -7.41. The summed E-state index contributed by atoms with van der Waals surface area (Å²) >= 11 is 0. The van der Waals surface area contributed by atoms with Crippen LogP contribution in [0.25, 0.3) is 11.1 Å². The van der Waals surface area contributed by atoms with Gasteiger partial charge in [0.15, 0.2) is 28.7 Å². The van der Waals surface area contributed by atoms with Crippen molar-refractivity contribution < 1.29 is 53.7 Å². The van der Waals surface area contributed by atoms with Crippen LogP contribution < -0.4 is 0 Å². The number of hydrogen-bond donors (Lipinski definition) is 7. The number of phenols is 7. The second-order valence-corrected chi connectivity index (χ2v) is 19.9. The van der Waals surface area contributed by atoms with Gasteiger partial charge in [-0.2, -0.15) is 0 Å². The molecule has 1 atom stereocenters. The van der Waals surface area contributed by atoms with E-state index < -0.39 is 38.4 Å². The second-order valence-electron chi connectivity index (χ2n) is 18.0. The van der Waals surface area contributed by atoms with E-state index in [0.717, 1.165) is 47.2 Å². The summed E-state index contributed by atoms with van der Waals surface area (Å²) in [7, 11) is -1.41. The molecule has 7 N–H and O–H groups in total. The van der Waals surface area contributed by atoms with E-state index in [4.69, 9.17) is 24.6 Å². The number of aromatic hydroxyl groups is 7. The molecule has 0 heterocycles. The van der Waals surface area contributed by atoms with Gasteiger partial charge in [-0.25, -0.2) is 9.00 Å². The van der Waals surface area contributed by atoms with Crippen LogP contribution in [0.15, 0.2) is 157 Å². The van der Waals surface area contributed by atoms with Crippen LogP contribution in [0.3, 0.4) is 0 Å². The van der Waals surface area contributed by atoms with E-state index in [9.17, 15) is 24.3 Å². The van der Waals surface area contributed by atoms with Gasteiger partial charge in [-0.15, -0.1) is 0 Å². The fraction of sp³-hybridized carbons (Fsp3) is 0.228. The van der Waals surface area contributed by atoms with Gasteiger partial charge < -0.3 is 40.5 Å². The van der Waals surface area contributed by atoms with Crippen molar-refractivity contribution in [2.45, 2.75) is 81.6 Å². The topological polar surface area (TPSA) is 194 Å². The minimum absolute atomic E-state index is 0.00514. The second kappa shape index (κ2) is 21.7. The van der Waals surface area contributed by atoms with E-state index in [1.807, 2.05) is 61.5 Å².